The van der Waals surface area contributed by atoms with E-state index in [0.29, 0.717) is 30.9 Å². The van der Waals surface area contributed by atoms with Crippen LogP contribution in [0.25, 0.3) is 0 Å². The van der Waals surface area contributed by atoms with Gasteiger partial charge in [-0.25, -0.2) is 0 Å². The molecular weight excluding hydrogens is 311 g/mol. The van der Waals surface area contributed by atoms with E-state index in [-0.39, 0.29) is 11.9 Å². The Morgan fingerprint density at radius 1 is 1.54 bits per heavy atom. The van der Waals surface area contributed by atoms with Crippen molar-refractivity contribution in [1.82, 2.24) is 10.2 Å². The maximum absolute atomic E-state index is 12.4. The molecule has 132 valence electrons. The van der Waals surface area contributed by atoms with Crippen LogP contribution >= 0.6 is 0 Å². The second-order valence-corrected chi connectivity index (χ2v) is 6.17. The van der Waals surface area contributed by atoms with Crippen molar-refractivity contribution in [2.24, 2.45) is 11.5 Å². The average Bonchev–Trinajstić information content (AvgIpc) is 3.13. The Kier molecular flexibility index (Phi) is 6.27. The molecule has 0 bridgehead atoms. The average molecular weight is 336 g/mol. The molecule has 6 N–H and O–H groups in total. The topological polar surface area (TPSA) is 131 Å². The number of rotatable bonds is 8. The van der Waals surface area contributed by atoms with Gasteiger partial charge in [-0.2, -0.15) is 0 Å². The third-order valence-electron chi connectivity index (χ3n) is 4.30. The largest absolute Gasteiger partial charge is 0.560 e. The summed E-state index contributed by atoms with van der Waals surface area (Å²) >= 11 is 0. The molecule has 1 saturated heterocycles. The van der Waals surface area contributed by atoms with Crippen LogP contribution in [0.4, 0.5) is 0 Å². The highest BCUT2D eigenvalue weighted by atomic mass is 16.5. The van der Waals surface area contributed by atoms with Gasteiger partial charge < -0.3 is 31.4 Å². The third-order valence-corrected chi connectivity index (χ3v) is 4.30. The summed E-state index contributed by atoms with van der Waals surface area (Å²) in [6.07, 6.45) is 5.26. The lowest BCUT2D eigenvalue weighted by Gasteiger charge is -2.26. The van der Waals surface area contributed by atoms with E-state index >= 15 is 0 Å². The molecule has 0 aromatic heterocycles. The molecule has 2 aliphatic heterocycles. The van der Waals surface area contributed by atoms with Gasteiger partial charge in [-0.05, 0) is 43.7 Å². The SMILES string of the molecule is C=C1C=C(N2CCCC2C(=O)NCCCC[C@H](N)C(N)=O)OB1O. The van der Waals surface area contributed by atoms with E-state index in [0.717, 1.165) is 25.7 Å². The zero-order chi connectivity index (χ0) is 17.7. The van der Waals surface area contributed by atoms with Crippen molar-refractivity contribution in [2.45, 2.75) is 44.2 Å². The molecule has 0 aliphatic carbocycles. The molecule has 0 aromatic carbocycles. The quantitative estimate of drug-likeness (QED) is 0.332. The molecule has 2 atom stereocenters. The summed E-state index contributed by atoms with van der Waals surface area (Å²) in [7, 11) is -1.03. The number of amides is 2. The fourth-order valence-electron chi connectivity index (χ4n) is 2.87. The first-order chi connectivity index (χ1) is 11.4. The molecule has 0 saturated carbocycles. The van der Waals surface area contributed by atoms with Crippen molar-refractivity contribution in [1.29, 1.82) is 0 Å². The second-order valence-electron chi connectivity index (χ2n) is 6.17. The van der Waals surface area contributed by atoms with Crippen LogP contribution in [-0.4, -0.2) is 54.0 Å². The number of carbonyl (C=O) groups excluding carboxylic acids is 2. The van der Waals surface area contributed by atoms with E-state index in [9.17, 15) is 14.6 Å². The number of unbranched alkanes of at least 4 members (excludes halogenated alkanes) is 1. The maximum atomic E-state index is 12.4. The van der Waals surface area contributed by atoms with Gasteiger partial charge in [-0.3, -0.25) is 9.59 Å². The van der Waals surface area contributed by atoms with Gasteiger partial charge in [0.05, 0.1) is 6.04 Å². The van der Waals surface area contributed by atoms with Gasteiger partial charge >= 0.3 is 7.12 Å². The minimum absolute atomic E-state index is 0.0665. The first-order valence-corrected chi connectivity index (χ1v) is 8.24. The summed E-state index contributed by atoms with van der Waals surface area (Å²) in [5.74, 6) is -0.0740. The molecule has 2 aliphatic rings. The predicted octanol–water partition coefficient (Wildman–Crippen LogP) is -1.00. The lowest BCUT2D eigenvalue weighted by Crippen LogP contribution is -2.43. The summed E-state index contributed by atoms with van der Waals surface area (Å²) in [6.45, 7) is 4.93. The number of nitrogens with one attached hydrogen (secondary N) is 1. The van der Waals surface area contributed by atoms with Crippen molar-refractivity contribution < 1.29 is 19.3 Å². The number of hydrogen-bond donors (Lipinski definition) is 4. The molecule has 0 spiro atoms. The molecule has 1 unspecified atom stereocenters. The van der Waals surface area contributed by atoms with Crippen LogP contribution in [-0.2, 0) is 14.2 Å². The fraction of sp³-hybridized carbons (Fsp3) is 0.600. The highest BCUT2D eigenvalue weighted by Crippen LogP contribution is 2.28. The Labute approximate surface area is 142 Å². The number of primary amides is 1. The van der Waals surface area contributed by atoms with Crippen LogP contribution < -0.4 is 16.8 Å². The van der Waals surface area contributed by atoms with Crippen molar-refractivity contribution in [3.05, 3.63) is 24.0 Å². The minimum Gasteiger partial charge on any atom is -0.520 e. The molecule has 8 nitrogen and oxygen atoms in total. The van der Waals surface area contributed by atoms with Crippen LogP contribution in [0, 0.1) is 0 Å². The van der Waals surface area contributed by atoms with E-state index in [1.54, 1.807) is 6.08 Å². The van der Waals surface area contributed by atoms with Gasteiger partial charge in [0.1, 0.15) is 6.04 Å². The normalized spacial score (nSPS) is 21.5. The molecule has 2 rings (SSSR count). The third kappa shape index (κ3) is 4.51. The molecule has 2 amide bonds. The number of allylic oxidation sites excluding steroid dienone is 2. The highest BCUT2D eigenvalue weighted by Gasteiger charge is 2.37. The molecule has 2 heterocycles. The van der Waals surface area contributed by atoms with Crippen LogP contribution in [0.1, 0.15) is 32.1 Å². The molecule has 0 radical (unpaired) electrons. The molecule has 24 heavy (non-hydrogen) atoms. The minimum atomic E-state index is -1.03. The summed E-state index contributed by atoms with van der Waals surface area (Å²) in [5.41, 5.74) is 11.1. The Balaban J connectivity index is 1.74. The Morgan fingerprint density at radius 2 is 2.29 bits per heavy atom. The molecule has 0 aromatic rings. The van der Waals surface area contributed by atoms with Crippen LogP contribution in [0.5, 0.6) is 0 Å². The number of hydrogen-bond acceptors (Lipinski definition) is 6. The number of nitrogens with zero attached hydrogens (tertiary/aromatic N) is 1. The van der Waals surface area contributed by atoms with Gasteiger partial charge in [0, 0.05) is 13.1 Å². The van der Waals surface area contributed by atoms with Crippen molar-refractivity contribution in [2.75, 3.05) is 13.1 Å². The highest BCUT2D eigenvalue weighted by molar-refractivity contribution is 6.54. The van der Waals surface area contributed by atoms with Crippen molar-refractivity contribution in [3.63, 3.8) is 0 Å². The first kappa shape index (κ1) is 18.3. The number of nitrogens with two attached hydrogens (primary N) is 2. The first-order valence-electron chi connectivity index (χ1n) is 8.24. The number of likely N-dealkylation sites (tertiary alicyclic amines) is 1. The van der Waals surface area contributed by atoms with Crippen LogP contribution in [0.2, 0.25) is 0 Å². The summed E-state index contributed by atoms with van der Waals surface area (Å²) in [4.78, 5) is 25.1. The summed E-state index contributed by atoms with van der Waals surface area (Å²) in [5, 5.41) is 12.5. The van der Waals surface area contributed by atoms with Crippen LogP contribution in [0.3, 0.4) is 0 Å². The van der Waals surface area contributed by atoms with Gasteiger partial charge in [-0.1, -0.05) is 6.58 Å². The lowest BCUT2D eigenvalue weighted by molar-refractivity contribution is -0.125. The van der Waals surface area contributed by atoms with E-state index in [1.165, 1.54) is 0 Å². The van der Waals surface area contributed by atoms with E-state index in [4.69, 9.17) is 16.1 Å². The molecular formula is C15H25BN4O4. The smallest absolute Gasteiger partial charge is 0.520 e. The zero-order valence-electron chi connectivity index (χ0n) is 13.7. The Hall–Kier alpha value is -2.00. The van der Waals surface area contributed by atoms with Gasteiger partial charge in [0.25, 0.3) is 0 Å². The molecule has 1 fully saturated rings. The summed E-state index contributed by atoms with van der Waals surface area (Å²) in [6, 6.07) is -0.931. The standard InChI is InChI=1S/C15H25BN4O4/c1-10-9-13(24-16(10)23)20-8-4-6-12(20)15(22)19-7-3-2-5-11(17)14(18)21/h9,11-12,23H,1-8,17H2,(H2,18,21)(H,19,22)/t11-,12?/m0/s1. The van der Waals surface area contributed by atoms with Crippen LogP contribution in [0.15, 0.2) is 24.0 Å². The van der Waals surface area contributed by atoms with Gasteiger partial charge in [0.15, 0.2) is 5.88 Å². The number of carbonyl (C=O) groups is 2. The van der Waals surface area contributed by atoms with E-state index < -0.39 is 19.1 Å². The fourth-order valence-corrected chi connectivity index (χ4v) is 2.87. The zero-order valence-corrected chi connectivity index (χ0v) is 13.7. The monoisotopic (exact) mass is 336 g/mol. The second kappa shape index (κ2) is 8.21. The predicted molar refractivity (Wildman–Crippen MR) is 90.0 cm³/mol. The Morgan fingerprint density at radius 3 is 2.92 bits per heavy atom. The Bertz CT molecular complexity index is 540. The van der Waals surface area contributed by atoms with E-state index in [1.807, 2.05) is 4.90 Å². The van der Waals surface area contributed by atoms with Gasteiger partial charge in [0.2, 0.25) is 11.8 Å². The van der Waals surface area contributed by atoms with E-state index in [2.05, 4.69) is 11.9 Å². The van der Waals surface area contributed by atoms with Crippen molar-refractivity contribution >= 4 is 18.9 Å². The van der Waals surface area contributed by atoms with Crippen molar-refractivity contribution in [3.8, 4) is 0 Å². The van der Waals surface area contributed by atoms with Gasteiger partial charge in [-0.15, -0.1) is 0 Å². The lowest BCUT2D eigenvalue weighted by atomic mass is 9.82. The molecule has 9 heteroatoms. The summed E-state index contributed by atoms with van der Waals surface area (Å²) < 4.78 is 5.34. The maximum Gasteiger partial charge on any atom is 0.560 e.